The van der Waals surface area contributed by atoms with E-state index in [9.17, 15) is 9.59 Å². The van der Waals surface area contributed by atoms with Crippen molar-refractivity contribution in [3.63, 3.8) is 0 Å². The first-order chi connectivity index (χ1) is 11.0. The van der Waals surface area contributed by atoms with E-state index in [4.69, 9.17) is 4.74 Å². The third-order valence-corrected chi connectivity index (χ3v) is 3.34. The second kappa shape index (κ2) is 7.45. The lowest BCUT2D eigenvalue weighted by Gasteiger charge is -2.13. The highest BCUT2D eigenvalue weighted by atomic mass is 16.5. The number of esters is 1. The van der Waals surface area contributed by atoms with E-state index < -0.39 is 5.97 Å². The molecule has 0 aliphatic heterocycles. The number of nitrogens with one attached hydrogen (secondary N) is 1. The van der Waals surface area contributed by atoms with Gasteiger partial charge in [-0.1, -0.05) is 24.3 Å². The number of carbonyl (C=O) groups excluding carboxylic acids is 2. The summed E-state index contributed by atoms with van der Waals surface area (Å²) in [6, 6.07) is 14.4. The number of amides is 1. The van der Waals surface area contributed by atoms with Gasteiger partial charge in [0.25, 0.3) is 5.91 Å². The van der Waals surface area contributed by atoms with Crippen LogP contribution >= 0.6 is 0 Å². The maximum absolute atomic E-state index is 12.1. The zero-order valence-corrected chi connectivity index (χ0v) is 13.5. The summed E-state index contributed by atoms with van der Waals surface area (Å²) in [4.78, 5) is 25.8. The molecule has 2 rings (SSSR count). The zero-order valence-electron chi connectivity index (χ0n) is 13.5. The number of aryl methyl sites for hydroxylation is 1. The second-order valence-corrected chi connectivity index (χ2v) is 5.37. The molecule has 0 bridgehead atoms. The van der Waals surface area contributed by atoms with Gasteiger partial charge in [0.2, 0.25) is 0 Å². The van der Waals surface area contributed by atoms with Crippen LogP contribution in [0.25, 0.3) is 0 Å². The molecule has 0 radical (unpaired) electrons. The Balaban J connectivity index is 1.92. The summed E-state index contributed by atoms with van der Waals surface area (Å²) in [6.07, 6.45) is 0. The number of ether oxygens (including phenoxy) is 1. The largest absolute Gasteiger partial charge is 0.425 e. The van der Waals surface area contributed by atoms with Crippen LogP contribution in [0.4, 0.5) is 5.69 Å². The Morgan fingerprint density at radius 1 is 1.09 bits per heavy atom. The monoisotopic (exact) mass is 312 g/mol. The normalized spacial score (nSPS) is 10.0. The van der Waals surface area contributed by atoms with Gasteiger partial charge in [0.1, 0.15) is 12.3 Å². The molecule has 0 fully saturated rings. The first-order valence-electron chi connectivity index (χ1n) is 7.29. The summed E-state index contributed by atoms with van der Waals surface area (Å²) in [7, 11) is 3.80. The van der Waals surface area contributed by atoms with Crippen molar-refractivity contribution < 1.29 is 14.3 Å². The lowest BCUT2D eigenvalue weighted by molar-refractivity contribution is -0.133. The molecular formula is C18H20N2O3. The molecule has 0 aliphatic carbocycles. The Labute approximate surface area is 135 Å². The minimum Gasteiger partial charge on any atom is -0.425 e. The number of hydrogen-bond donors (Lipinski definition) is 1. The third kappa shape index (κ3) is 4.57. The van der Waals surface area contributed by atoms with Crippen molar-refractivity contribution in [2.24, 2.45) is 0 Å². The van der Waals surface area contributed by atoms with Crippen molar-refractivity contribution in [1.82, 2.24) is 5.32 Å². The van der Waals surface area contributed by atoms with Gasteiger partial charge < -0.3 is 15.0 Å². The minimum atomic E-state index is -0.503. The maximum Gasteiger partial charge on any atom is 0.330 e. The fraction of sp³-hybridized carbons (Fsp3) is 0.222. The van der Waals surface area contributed by atoms with Gasteiger partial charge in [-0.25, -0.2) is 4.79 Å². The van der Waals surface area contributed by atoms with Crippen LogP contribution in [-0.2, 0) is 4.79 Å². The average molecular weight is 312 g/mol. The van der Waals surface area contributed by atoms with Gasteiger partial charge >= 0.3 is 5.97 Å². The molecule has 5 heteroatoms. The molecule has 120 valence electrons. The van der Waals surface area contributed by atoms with Gasteiger partial charge in [-0.15, -0.1) is 0 Å². The van der Waals surface area contributed by atoms with E-state index >= 15 is 0 Å². The van der Waals surface area contributed by atoms with E-state index in [-0.39, 0.29) is 12.5 Å². The lowest BCUT2D eigenvalue weighted by Crippen LogP contribution is -2.32. The molecule has 0 spiro atoms. The van der Waals surface area contributed by atoms with Crippen molar-refractivity contribution in [2.45, 2.75) is 6.92 Å². The summed E-state index contributed by atoms with van der Waals surface area (Å²) in [6.45, 7) is 1.67. The van der Waals surface area contributed by atoms with Gasteiger partial charge in [-0.3, -0.25) is 4.79 Å². The van der Waals surface area contributed by atoms with Crippen LogP contribution in [0.2, 0.25) is 0 Å². The standard InChI is InChI=1S/C18H20N2O3/c1-13-7-4-5-10-16(13)23-17(21)12-19-18(22)14-8-6-9-15(11-14)20(2)3/h4-11H,12H2,1-3H3,(H,19,22). The van der Waals surface area contributed by atoms with Crippen LogP contribution in [0.5, 0.6) is 5.75 Å². The smallest absolute Gasteiger partial charge is 0.330 e. The van der Waals surface area contributed by atoms with E-state index in [0.717, 1.165) is 11.3 Å². The van der Waals surface area contributed by atoms with Crippen LogP contribution in [0.15, 0.2) is 48.5 Å². The van der Waals surface area contributed by atoms with Gasteiger partial charge in [0.05, 0.1) is 0 Å². The molecule has 2 aromatic rings. The van der Waals surface area contributed by atoms with E-state index in [1.165, 1.54) is 0 Å². The topological polar surface area (TPSA) is 58.6 Å². The Hall–Kier alpha value is -2.82. The second-order valence-electron chi connectivity index (χ2n) is 5.37. The van der Waals surface area contributed by atoms with E-state index in [2.05, 4.69) is 5.32 Å². The molecular weight excluding hydrogens is 292 g/mol. The van der Waals surface area contributed by atoms with E-state index in [1.807, 2.05) is 44.1 Å². The maximum atomic E-state index is 12.1. The van der Waals surface area contributed by atoms with Crippen LogP contribution in [0, 0.1) is 6.92 Å². The SMILES string of the molecule is Cc1ccccc1OC(=O)CNC(=O)c1cccc(N(C)C)c1. The molecule has 5 nitrogen and oxygen atoms in total. The summed E-state index contributed by atoms with van der Waals surface area (Å²) < 4.78 is 5.23. The number of carbonyl (C=O) groups is 2. The van der Waals surface area contributed by atoms with E-state index in [1.54, 1.807) is 30.3 Å². The zero-order chi connectivity index (χ0) is 16.8. The third-order valence-electron chi connectivity index (χ3n) is 3.34. The summed E-state index contributed by atoms with van der Waals surface area (Å²) in [5.74, 6) is -0.312. The lowest BCUT2D eigenvalue weighted by atomic mass is 10.2. The number of para-hydroxylation sites is 1. The first-order valence-corrected chi connectivity index (χ1v) is 7.29. The molecule has 23 heavy (non-hydrogen) atoms. The fourth-order valence-electron chi connectivity index (χ4n) is 2.01. The van der Waals surface area contributed by atoms with E-state index in [0.29, 0.717) is 11.3 Å². The number of nitrogens with zero attached hydrogens (tertiary/aromatic N) is 1. The predicted molar refractivity (Wildman–Crippen MR) is 89.9 cm³/mol. The van der Waals surface area contributed by atoms with Gasteiger partial charge in [-0.05, 0) is 36.8 Å². The molecule has 1 amide bonds. The highest BCUT2D eigenvalue weighted by molar-refractivity contribution is 5.96. The van der Waals surface area contributed by atoms with Crippen molar-refractivity contribution in [2.75, 3.05) is 25.5 Å². The fourth-order valence-corrected chi connectivity index (χ4v) is 2.01. The van der Waals surface area contributed by atoms with Crippen LogP contribution in [0.1, 0.15) is 15.9 Å². The number of anilines is 1. The number of rotatable bonds is 5. The molecule has 0 unspecified atom stereocenters. The van der Waals surface area contributed by atoms with Crippen molar-refractivity contribution >= 4 is 17.6 Å². The Kier molecular flexibility index (Phi) is 5.36. The number of benzene rings is 2. The molecule has 0 heterocycles. The Bertz CT molecular complexity index is 711. The summed E-state index contributed by atoms with van der Waals surface area (Å²) >= 11 is 0. The van der Waals surface area contributed by atoms with Gasteiger partial charge in [0.15, 0.2) is 0 Å². The summed E-state index contributed by atoms with van der Waals surface area (Å²) in [5.41, 5.74) is 2.28. The molecule has 0 saturated heterocycles. The first kappa shape index (κ1) is 16.5. The molecule has 1 N–H and O–H groups in total. The van der Waals surface area contributed by atoms with Gasteiger partial charge in [-0.2, -0.15) is 0 Å². The number of hydrogen-bond acceptors (Lipinski definition) is 4. The minimum absolute atomic E-state index is 0.181. The predicted octanol–water partition coefficient (Wildman–Crippen LogP) is 2.40. The van der Waals surface area contributed by atoms with Crippen molar-refractivity contribution in [3.8, 4) is 5.75 Å². The Morgan fingerprint density at radius 2 is 1.83 bits per heavy atom. The Morgan fingerprint density at radius 3 is 2.52 bits per heavy atom. The van der Waals surface area contributed by atoms with Gasteiger partial charge in [0, 0.05) is 25.3 Å². The average Bonchev–Trinajstić information content (AvgIpc) is 2.55. The molecule has 0 aromatic heterocycles. The molecule has 0 saturated carbocycles. The molecule has 0 atom stereocenters. The summed E-state index contributed by atoms with van der Waals surface area (Å²) in [5, 5.41) is 2.57. The molecule has 2 aromatic carbocycles. The van der Waals surface area contributed by atoms with Crippen LogP contribution in [-0.4, -0.2) is 32.5 Å². The van der Waals surface area contributed by atoms with Crippen LogP contribution < -0.4 is 15.0 Å². The van der Waals surface area contributed by atoms with Crippen molar-refractivity contribution in [1.29, 1.82) is 0 Å². The highest BCUT2D eigenvalue weighted by Gasteiger charge is 2.11. The highest BCUT2D eigenvalue weighted by Crippen LogP contribution is 2.16. The van der Waals surface area contributed by atoms with Crippen LogP contribution in [0.3, 0.4) is 0 Å². The quantitative estimate of drug-likeness (QED) is 0.680. The molecule has 0 aliphatic rings. The van der Waals surface area contributed by atoms with Crippen molar-refractivity contribution in [3.05, 3.63) is 59.7 Å².